The second-order valence-corrected chi connectivity index (χ2v) is 5.66. The van der Waals surface area contributed by atoms with Gasteiger partial charge in [-0.3, -0.25) is 14.5 Å². The van der Waals surface area contributed by atoms with Gasteiger partial charge in [-0.25, -0.2) is 8.78 Å². The SMILES string of the molecule is COCCN1CCC[C@@H](NC(=O)C(=O)Nc2c(F)cccc2F)C1. The van der Waals surface area contributed by atoms with Gasteiger partial charge in [0.2, 0.25) is 0 Å². The van der Waals surface area contributed by atoms with Crippen LogP contribution >= 0.6 is 0 Å². The maximum atomic E-state index is 13.5. The third kappa shape index (κ3) is 4.97. The second-order valence-electron chi connectivity index (χ2n) is 5.66. The summed E-state index contributed by atoms with van der Waals surface area (Å²) in [5.41, 5.74) is -0.622. The minimum atomic E-state index is -1.09. The van der Waals surface area contributed by atoms with Crippen LogP contribution in [0.4, 0.5) is 14.5 Å². The highest BCUT2D eigenvalue weighted by Crippen LogP contribution is 2.17. The van der Waals surface area contributed by atoms with E-state index in [0.717, 1.165) is 38.1 Å². The molecule has 2 amide bonds. The molecule has 0 aromatic heterocycles. The largest absolute Gasteiger partial charge is 0.383 e. The molecule has 0 radical (unpaired) electrons. The molecule has 0 saturated carbocycles. The molecule has 1 aliphatic rings. The number of rotatable bonds is 5. The van der Waals surface area contributed by atoms with Gasteiger partial charge >= 0.3 is 11.8 Å². The summed E-state index contributed by atoms with van der Waals surface area (Å²) in [5.74, 6) is -3.86. The number of piperidine rings is 1. The number of ether oxygens (including phenoxy) is 1. The predicted octanol–water partition coefficient (Wildman–Crippen LogP) is 1.13. The van der Waals surface area contributed by atoms with Crippen molar-refractivity contribution in [1.29, 1.82) is 0 Å². The van der Waals surface area contributed by atoms with Crippen LogP contribution in [0.3, 0.4) is 0 Å². The van der Waals surface area contributed by atoms with E-state index in [4.69, 9.17) is 4.74 Å². The molecule has 8 heteroatoms. The first kappa shape index (κ1) is 18.3. The zero-order valence-electron chi connectivity index (χ0n) is 13.5. The van der Waals surface area contributed by atoms with Crippen molar-refractivity contribution < 1.29 is 23.1 Å². The smallest absolute Gasteiger partial charge is 0.313 e. The molecule has 1 aromatic rings. The third-order valence-corrected chi connectivity index (χ3v) is 3.86. The minimum Gasteiger partial charge on any atom is -0.383 e. The predicted molar refractivity (Wildman–Crippen MR) is 84.5 cm³/mol. The summed E-state index contributed by atoms with van der Waals surface area (Å²) in [4.78, 5) is 25.9. The topological polar surface area (TPSA) is 70.7 Å². The maximum Gasteiger partial charge on any atom is 0.313 e. The van der Waals surface area contributed by atoms with Crippen molar-refractivity contribution in [3.8, 4) is 0 Å². The molecule has 24 heavy (non-hydrogen) atoms. The number of likely N-dealkylation sites (tertiary alicyclic amines) is 1. The fourth-order valence-corrected chi connectivity index (χ4v) is 2.64. The van der Waals surface area contributed by atoms with Crippen LogP contribution in [0, 0.1) is 11.6 Å². The second kappa shape index (κ2) is 8.70. The zero-order chi connectivity index (χ0) is 17.5. The number of para-hydroxylation sites is 1. The van der Waals surface area contributed by atoms with E-state index in [1.165, 1.54) is 6.07 Å². The summed E-state index contributed by atoms with van der Waals surface area (Å²) in [6.07, 6.45) is 1.63. The summed E-state index contributed by atoms with van der Waals surface area (Å²) in [6, 6.07) is 3.01. The lowest BCUT2D eigenvalue weighted by Gasteiger charge is -2.32. The normalized spacial score (nSPS) is 18.2. The van der Waals surface area contributed by atoms with E-state index in [0.29, 0.717) is 13.2 Å². The van der Waals surface area contributed by atoms with Crippen LogP contribution < -0.4 is 10.6 Å². The van der Waals surface area contributed by atoms with Gasteiger partial charge in [0.25, 0.3) is 0 Å². The molecule has 1 aliphatic heterocycles. The fraction of sp³-hybridized carbons (Fsp3) is 0.500. The first-order chi connectivity index (χ1) is 11.5. The standard InChI is InChI=1S/C16H21F2N3O3/c1-24-9-8-21-7-3-4-11(10-21)19-15(22)16(23)20-14-12(17)5-2-6-13(14)18/h2,5-6,11H,3-4,7-10H2,1H3,(H,19,22)(H,20,23)/t11-/m1/s1. The van der Waals surface area contributed by atoms with Crippen molar-refractivity contribution in [3.63, 3.8) is 0 Å². The van der Waals surface area contributed by atoms with Crippen molar-refractivity contribution >= 4 is 17.5 Å². The average Bonchev–Trinajstić information content (AvgIpc) is 2.56. The van der Waals surface area contributed by atoms with Crippen LogP contribution in [0.25, 0.3) is 0 Å². The number of amides is 2. The molecule has 1 saturated heterocycles. The average molecular weight is 341 g/mol. The number of halogens is 2. The molecule has 1 atom stereocenters. The molecule has 6 nitrogen and oxygen atoms in total. The minimum absolute atomic E-state index is 0.181. The fourth-order valence-electron chi connectivity index (χ4n) is 2.64. The van der Waals surface area contributed by atoms with Crippen LogP contribution in [0.15, 0.2) is 18.2 Å². The Kier molecular flexibility index (Phi) is 6.62. The lowest BCUT2D eigenvalue weighted by molar-refractivity contribution is -0.136. The maximum absolute atomic E-state index is 13.5. The molecule has 0 bridgehead atoms. The van der Waals surface area contributed by atoms with Crippen molar-refractivity contribution in [3.05, 3.63) is 29.8 Å². The van der Waals surface area contributed by atoms with Gasteiger partial charge in [0.15, 0.2) is 0 Å². The molecule has 0 aliphatic carbocycles. The van der Waals surface area contributed by atoms with E-state index in [1.54, 1.807) is 7.11 Å². The third-order valence-electron chi connectivity index (χ3n) is 3.86. The Morgan fingerprint density at radius 1 is 1.29 bits per heavy atom. The van der Waals surface area contributed by atoms with Gasteiger partial charge < -0.3 is 15.4 Å². The Bertz CT molecular complexity index is 578. The number of anilines is 1. The Labute approximate surface area is 139 Å². The number of nitrogens with zero attached hydrogens (tertiary/aromatic N) is 1. The number of carbonyl (C=O) groups is 2. The van der Waals surface area contributed by atoms with E-state index in [9.17, 15) is 18.4 Å². The molecule has 1 aromatic carbocycles. The summed E-state index contributed by atoms with van der Waals surface area (Å²) in [6.45, 7) is 2.85. The summed E-state index contributed by atoms with van der Waals surface area (Å²) < 4.78 is 32.0. The molecule has 132 valence electrons. The number of methoxy groups -OCH3 is 1. The molecular weight excluding hydrogens is 320 g/mol. The van der Waals surface area contributed by atoms with Crippen molar-refractivity contribution in [2.75, 3.05) is 38.7 Å². The number of benzene rings is 1. The summed E-state index contributed by atoms with van der Waals surface area (Å²) >= 11 is 0. The Morgan fingerprint density at radius 3 is 2.67 bits per heavy atom. The van der Waals surface area contributed by atoms with E-state index in [2.05, 4.69) is 10.2 Å². The van der Waals surface area contributed by atoms with Crippen LogP contribution in [0.1, 0.15) is 12.8 Å². The van der Waals surface area contributed by atoms with E-state index in [-0.39, 0.29) is 6.04 Å². The molecule has 2 N–H and O–H groups in total. The number of carbonyl (C=O) groups excluding carboxylic acids is 2. The van der Waals surface area contributed by atoms with Gasteiger partial charge in [0, 0.05) is 26.2 Å². The summed E-state index contributed by atoms with van der Waals surface area (Å²) in [5, 5.41) is 4.58. The highest BCUT2D eigenvalue weighted by molar-refractivity contribution is 6.39. The molecule has 0 unspecified atom stereocenters. The quantitative estimate of drug-likeness (QED) is 0.788. The van der Waals surface area contributed by atoms with Crippen LogP contribution in [0.2, 0.25) is 0 Å². The lowest BCUT2D eigenvalue weighted by atomic mass is 10.1. The van der Waals surface area contributed by atoms with Gasteiger partial charge in [-0.2, -0.15) is 0 Å². The highest BCUT2D eigenvalue weighted by atomic mass is 19.1. The van der Waals surface area contributed by atoms with Gasteiger partial charge in [-0.15, -0.1) is 0 Å². The Hall–Kier alpha value is -2.06. The zero-order valence-corrected chi connectivity index (χ0v) is 13.5. The Balaban J connectivity index is 1.88. The monoisotopic (exact) mass is 341 g/mol. The molecule has 1 heterocycles. The molecule has 0 spiro atoms. The number of hydrogen-bond acceptors (Lipinski definition) is 4. The van der Waals surface area contributed by atoms with E-state index in [1.807, 2.05) is 5.32 Å². The first-order valence-electron chi connectivity index (χ1n) is 7.78. The van der Waals surface area contributed by atoms with Gasteiger partial charge in [-0.1, -0.05) is 6.07 Å². The summed E-state index contributed by atoms with van der Waals surface area (Å²) in [7, 11) is 1.62. The number of nitrogens with one attached hydrogen (secondary N) is 2. The highest BCUT2D eigenvalue weighted by Gasteiger charge is 2.25. The molecule has 1 fully saturated rings. The van der Waals surface area contributed by atoms with Gasteiger partial charge in [0.1, 0.15) is 17.3 Å². The Morgan fingerprint density at radius 2 is 2.00 bits per heavy atom. The number of hydrogen-bond donors (Lipinski definition) is 2. The van der Waals surface area contributed by atoms with Crippen LogP contribution in [-0.2, 0) is 14.3 Å². The molecular formula is C16H21F2N3O3. The van der Waals surface area contributed by atoms with Crippen molar-refractivity contribution in [2.45, 2.75) is 18.9 Å². The lowest BCUT2D eigenvalue weighted by Crippen LogP contribution is -2.50. The molecule has 2 rings (SSSR count). The van der Waals surface area contributed by atoms with Gasteiger partial charge in [0.05, 0.1) is 6.61 Å². The van der Waals surface area contributed by atoms with Crippen molar-refractivity contribution in [1.82, 2.24) is 10.2 Å². The van der Waals surface area contributed by atoms with Crippen LogP contribution in [-0.4, -0.2) is 56.1 Å². The first-order valence-corrected chi connectivity index (χ1v) is 7.78. The van der Waals surface area contributed by atoms with Crippen LogP contribution in [0.5, 0.6) is 0 Å². The van der Waals surface area contributed by atoms with E-state index >= 15 is 0 Å². The van der Waals surface area contributed by atoms with E-state index < -0.39 is 29.1 Å². The van der Waals surface area contributed by atoms with Gasteiger partial charge in [-0.05, 0) is 31.5 Å². The van der Waals surface area contributed by atoms with Crippen molar-refractivity contribution in [2.24, 2.45) is 0 Å².